The van der Waals surface area contributed by atoms with Crippen LogP contribution in [0, 0.1) is 0 Å². The molecule has 0 radical (unpaired) electrons. The van der Waals surface area contributed by atoms with Crippen molar-refractivity contribution in [3.8, 4) is 22.1 Å². The lowest BCUT2D eigenvalue weighted by molar-refractivity contribution is 0.0518. The molecule has 4 rings (SSSR count). The number of fused-ring (bicyclic) bond motifs is 1. The number of amides is 1. The Bertz CT molecular complexity index is 876. The van der Waals surface area contributed by atoms with Crippen molar-refractivity contribution in [1.29, 1.82) is 0 Å². The van der Waals surface area contributed by atoms with Gasteiger partial charge >= 0.3 is 0 Å². The maximum atomic E-state index is 12.6. The number of benzene rings is 1. The van der Waals surface area contributed by atoms with E-state index in [4.69, 9.17) is 9.47 Å². The molecule has 0 spiro atoms. The van der Waals surface area contributed by atoms with E-state index in [1.54, 1.807) is 28.7 Å². The van der Waals surface area contributed by atoms with E-state index >= 15 is 0 Å². The highest BCUT2D eigenvalue weighted by molar-refractivity contribution is 7.14. The van der Waals surface area contributed by atoms with Crippen molar-refractivity contribution in [2.24, 2.45) is 0 Å². The average Bonchev–Trinajstić information content (AvgIpc) is 3.32. The van der Waals surface area contributed by atoms with Crippen molar-refractivity contribution in [1.82, 2.24) is 9.88 Å². The van der Waals surface area contributed by atoms with E-state index in [2.05, 4.69) is 4.98 Å². The Morgan fingerprint density at radius 1 is 1.28 bits per heavy atom. The Morgan fingerprint density at radius 3 is 2.92 bits per heavy atom. The standard InChI is InChI=1S/C18H16N2O3S2/c1-20(8-13-9-22-15-4-2-3-5-16(15)23-13)18(21)14-11-25-17(19-14)12-6-7-24-10-12/h2-7,10-11,13H,8-9H2,1H3. The predicted molar refractivity (Wildman–Crippen MR) is 98.7 cm³/mol. The van der Waals surface area contributed by atoms with Crippen LogP contribution in [-0.4, -0.2) is 42.1 Å². The fraction of sp³-hybridized carbons (Fsp3) is 0.222. The van der Waals surface area contributed by atoms with E-state index in [1.807, 2.05) is 41.1 Å². The van der Waals surface area contributed by atoms with Crippen LogP contribution in [0.2, 0.25) is 0 Å². The first kappa shape index (κ1) is 16.1. The highest BCUT2D eigenvalue weighted by atomic mass is 32.1. The van der Waals surface area contributed by atoms with Crippen molar-refractivity contribution < 1.29 is 14.3 Å². The number of hydrogen-bond donors (Lipinski definition) is 0. The largest absolute Gasteiger partial charge is 0.486 e. The highest BCUT2D eigenvalue weighted by Gasteiger charge is 2.25. The maximum Gasteiger partial charge on any atom is 0.273 e. The lowest BCUT2D eigenvalue weighted by Crippen LogP contribution is -2.41. The number of carbonyl (C=O) groups is 1. The summed E-state index contributed by atoms with van der Waals surface area (Å²) in [5, 5.41) is 6.70. The first-order valence-electron chi connectivity index (χ1n) is 7.83. The number of ether oxygens (including phenoxy) is 2. The Hall–Kier alpha value is -2.38. The molecule has 3 heterocycles. The van der Waals surface area contributed by atoms with E-state index < -0.39 is 0 Å². The van der Waals surface area contributed by atoms with Crippen LogP contribution in [0.5, 0.6) is 11.5 Å². The number of aromatic nitrogens is 1. The first-order chi connectivity index (χ1) is 12.2. The molecule has 0 fully saturated rings. The summed E-state index contributed by atoms with van der Waals surface area (Å²) in [7, 11) is 1.76. The van der Waals surface area contributed by atoms with Crippen LogP contribution in [-0.2, 0) is 0 Å². The summed E-state index contributed by atoms with van der Waals surface area (Å²) in [5.41, 5.74) is 1.52. The fourth-order valence-corrected chi connectivity index (χ4v) is 4.13. The van der Waals surface area contributed by atoms with Crippen LogP contribution in [0.1, 0.15) is 10.5 Å². The number of carbonyl (C=O) groups excluding carboxylic acids is 1. The minimum Gasteiger partial charge on any atom is -0.486 e. The third-order valence-corrected chi connectivity index (χ3v) is 5.46. The van der Waals surface area contributed by atoms with Crippen molar-refractivity contribution >= 4 is 28.6 Å². The van der Waals surface area contributed by atoms with Gasteiger partial charge in [0.2, 0.25) is 0 Å². The van der Waals surface area contributed by atoms with E-state index in [-0.39, 0.29) is 12.0 Å². The second-order valence-electron chi connectivity index (χ2n) is 5.73. The topological polar surface area (TPSA) is 51.7 Å². The maximum absolute atomic E-state index is 12.6. The third kappa shape index (κ3) is 3.38. The molecule has 1 atom stereocenters. The second-order valence-corrected chi connectivity index (χ2v) is 7.37. The van der Waals surface area contributed by atoms with Gasteiger partial charge in [-0.2, -0.15) is 11.3 Å². The molecule has 1 aliphatic heterocycles. The minimum absolute atomic E-state index is 0.111. The molecule has 0 aliphatic carbocycles. The number of para-hydroxylation sites is 2. The van der Waals surface area contributed by atoms with Gasteiger partial charge in [0.15, 0.2) is 17.6 Å². The number of nitrogens with zero attached hydrogens (tertiary/aromatic N) is 2. The zero-order chi connectivity index (χ0) is 17.2. The van der Waals surface area contributed by atoms with Crippen LogP contribution < -0.4 is 9.47 Å². The molecule has 0 saturated heterocycles. The van der Waals surface area contributed by atoms with Gasteiger partial charge in [-0.25, -0.2) is 4.98 Å². The molecule has 1 amide bonds. The predicted octanol–water partition coefficient (Wildman–Crippen LogP) is 3.78. The number of thiazole rings is 1. The Balaban J connectivity index is 1.41. The van der Waals surface area contributed by atoms with Gasteiger partial charge in [0.05, 0.1) is 6.54 Å². The van der Waals surface area contributed by atoms with Crippen molar-refractivity contribution in [3.63, 3.8) is 0 Å². The first-order valence-corrected chi connectivity index (χ1v) is 9.65. The molecule has 3 aromatic rings. The van der Waals surface area contributed by atoms with E-state index in [0.29, 0.717) is 24.6 Å². The van der Waals surface area contributed by atoms with E-state index in [0.717, 1.165) is 16.3 Å². The summed E-state index contributed by atoms with van der Waals surface area (Å²) in [4.78, 5) is 18.7. The van der Waals surface area contributed by atoms with Gasteiger partial charge in [0.25, 0.3) is 5.91 Å². The molecule has 128 valence electrons. The zero-order valence-electron chi connectivity index (χ0n) is 13.5. The molecule has 7 heteroatoms. The molecule has 0 N–H and O–H groups in total. The lowest BCUT2D eigenvalue weighted by atomic mass is 10.2. The SMILES string of the molecule is CN(CC1COc2ccccc2O1)C(=O)c1csc(-c2ccsc2)n1. The highest BCUT2D eigenvalue weighted by Crippen LogP contribution is 2.31. The summed E-state index contributed by atoms with van der Waals surface area (Å²) in [6.07, 6.45) is -0.196. The molecule has 1 aliphatic rings. The van der Waals surface area contributed by atoms with Crippen LogP contribution in [0.3, 0.4) is 0 Å². The molecular weight excluding hydrogens is 356 g/mol. The zero-order valence-corrected chi connectivity index (χ0v) is 15.2. The van der Waals surface area contributed by atoms with Crippen molar-refractivity contribution in [2.75, 3.05) is 20.2 Å². The molecule has 0 saturated carbocycles. The quantitative estimate of drug-likeness (QED) is 0.699. The number of likely N-dealkylation sites (N-methyl/N-ethyl adjacent to an activating group) is 1. The summed E-state index contributed by atoms with van der Waals surface area (Å²) < 4.78 is 11.6. The van der Waals surface area contributed by atoms with Gasteiger partial charge in [-0.05, 0) is 23.6 Å². The molecule has 5 nitrogen and oxygen atoms in total. The van der Waals surface area contributed by atoms with Gasteiger partial charge < -0.3 is 14.4 Å². The summed E-state index contributed by atoms with van der Waals surface area (Å²) >= 11 is 3.10. The smallest absolute Gasteiger partial charge is 0.273 e. The second kappa shape index (κ2) is 6.85. The minimum atomic E-state index is -0.196. The number of hydrogen-bond acceptors (Lipinski definition) is 6. The van der Waals surface area contributed by atoms with Gasteiger partial charge in [-0.15, -0.1) is 11.3 Å². The Labute approximate surface area is 153 Å². The molecule has 25 heavy (non-hydrogen) atoms. The van der Waals surface area contributed by atoms with Crippen molar-refractivity contribution in [2.45, 2.75) is 6.10 Å². The Morgan fingerprint density at radius 2 is 2.12 bits per heavy atom. The van der Waals surface area contributed by atoms with Crippen LogP contribution in [0.25, 0.3) is 10.6 Å². The summed E-state index contributed by atoms with van der Waals surface area (Å²) in [6, 6.07) is 9.57. The third-order valence-electron chi connectivity index (χ3n) is 3.88. The summed E-state index contributed by atoms with van der Waals surface area (Å²) in [6.45, 7) is 0.865. The fourth-order valence-electron chi connectivity index (χ4n) is 2.63. The lowest BCUT2D eigenvalue weighted by Gasteiger charge is -2.29. The van der Waals surface area contributed by atoms with Gasteiger partial charge in [0.1, 0.15) is 17.3 Å². The molecule has 0 bridgehead atoms. The number of rotatable bonds is 4. The van der Waals surface area contributed by atoms with E-state index in [1.165, 1.54) is 11.3 Å². The monoisotopic (exact) mass is 372 g/mol. The van der Waals surface area contributed by atoms with Gasteiger partial charge in [0, 0.05) is 23.4 Å². The Kier molecular flexibility index (Phi) is 4.42. The van der Waals surface area contributed by atoms with E-state index in [9.17, 15) is 4.79 Å². The molecule has 1 aromatic carbocycles. The molecule has 1 unspecified atom stereocenters. The van der Waals surface area contributed by atoms with Crippen LogP contribution >= 0.6 is 22.7 Å². The van der Waals surface area contributed by atoms with Crippen LogP contribution in [0.4, 0.5) is 0 Å². The average molecular weight is 372 g/mol. The number of thiophene rings is 1. The molecule has 2 aromatic heterocycles. The molecular formula is C18H16N2O3S2. The van der Waals surface area contributed by atoms with Gasteiger partial charge in [-0.1, -0.05) is 12.1 Å². The normalized spacial score (nSPS) is 15.8. The van der Waals surface area contributed by atoms with Gasteiger partial charge in [-0.3, -0.25) is 4.79 Å². The van der Waals surface area contributed by atoms with Crippen molar-refractivity contribution in [3.05, 3.63) is 52.2 Å². The summed E-state index contributed by atoms with van der Waals surface area (Å²) in [5.74, 6) is 1.35. The van der Waals surface area contributed by atoms with Crippen LogP contribution in [0.15, 0.2) is 46.5 Å².